The Kier molecular flexibility index (Phi) is 3.10. The lowest BCUT2D eigenvalue weighted by molar-refractivity contribution is 0.284. The fraction of sp³-hybridized carbons (Fsp3) is 0.333. The topological polar surface area (TPSA) is 35.2 Å². The van der Waals surface area contributed by atoms with E-state index in [4.69, 9.17) is 10.5 Å². The summed E-state index contributed by atoms with van der Waals surface area (Å²) in [6.07, 6.45) is 2.20. The number of thiophene rings is 1. The number of hydrogen-bond acceptors (Lipinski definition) is 3. The zero-order valence-electron chi connectivity index (χ0n) is 10.5. The number of rotatable bonds is 2. The highest BCUT2D eigenvalue weighted by molar-refractivity contribution is 7.08. The molecule has 2 nitrogen and oxygen atoms in total. The van der Waals surface area contributed by atoms with Gasteiger partial charge in [0.05, 0.1) is 12.6 Å². The molecule has 3 rings (SSSR count). The minimum atomic E-state index is -0.0794. The molecule has 1 aromatic heterocycles. The molecule has 2 N–H and O–H groups in total. The third kappa shape index (κ3) is 1.93. The Labute approximate surface area is 111 Å². The summed E-state index contributed by atoms with van der Waals surface area (Å²) in [5.74, 6) is 1.02. The van der Waals surface area contributed by atoms with Crippen molar-refractivity contribution in [3.05, 3.63) is 51.2 Å². The Bertz CT molecular complexity index is 561. The highest BCUT2D eigenvalue weighted by atomic mass is 32.1. The highest BCUT2D eigenvalue weighted by Crippen LogP contribution is 2.36. The largest absolute Gasteiger partial charge is 0.493 e. The Morgan fingerprint density at radius 1 is 1.28 bits per heavy atom. The van der Waals surface area contributed by atoms with E-state index >= 15 is 0 Å². The summed E-state index contributed by atoms with van der Waals surface area (Å²) in [6, 6.07) is 6.24. The lowest BCUT2D eigenvalue weighted by Crippen LogP contribution is -2.17. The molecule has 18 heavy (non-hydrogen) atoms. The smallest absolute Gasteiger partial charge is 0.127 e. The monoisotopic (exact) mass is 259 g/mol. The van der Waals surface area contributed by atoms with Crippen molar-refractivity contribution in [1.29, 1.82) is 0 Å². The number of para-hydroxylation sites is 1. The molecule has 1 aliphatic heterocycles. The molecule has 0 bridgehead atoms. The molecule has 3 heteroatoms. The van der Waals surface area contributed by atoms with Crippen LogP contribution in [-0.4, -0.2) is 6.61 Å². The van der Waals surface area contributed by atoms with E-state index in [1.165, 1.54) is 16.7 Å². The number of benzene rings is 1. The predicted molar refractivity (Wildman–Crippen MR) is 75.3 cm³/mol. The summed E-state index contributed by atoms with van der Waals surface area (Å²) < 4.78 is 5.84. The molecular formula is C15H17NOS. The first-order valence-electron chi connectivity index (χ1n) is 6.30. The van der Waals surface area contributed by atoms with Crippen molar-refractivity contribution in [2.45, 2.75) is 25.8 Å². The van der Waals surface area contributed by atoms with Crippen LogP contribution in [0.3, 0.4) is 0 Å². The maximum atomic E-state index is 6.41. The van der Waals surface area contributed by atoms with Crippen molar-refractivity contribution in [2.75, 3.05) is 6.61 Å². The summed E-state index contributed by atoms with van der Waals surface area (Å²) in [4.78, 5) is 0. The van der Waals surface area contributed by atoms with E-state index in [2.05, 4.69) is 35.9 Å². The molecule has 0 spiro atoms. The van der Waals surface area contributed by atoms with Crippen LogP contribution in [0, 0.1) is 6.92 Å². The number of fused-ring (bicyclic) bond motifs is 1. The van der Waals surface area contributed by atoms with Crippen LogP contribution in [0.5, 0.6) is 5.75 Å². The standard InChI is InChI=1S/C15H17NOS/c1-10-8-18-9-13(10)14(16)12-6-2-4-11-5-3-7-17-15(11)12/h2,4,6,8-9,14H,3,5,7,16H2,1H3. The van der Waals surface area contributed by atoms with Crippen molar-refractivity contribution in [1.82, 2.24) is 0 Å². The van der Waals surface area contributed by atoms with Crippen molar-refractivity contribution < 1.29 is 4.74 Å². The molecule has 1 unspecified atom stereocenters. The molecule has 2 aromatic rings. The van der Waals surface area contributed by atoms with E-state index in [1.54, 1.807) is 11.3 Å². The van der Waals surface area contributed by atoms with E-state index in [0.29, 0.717) is 0 Å². The fourth-order valence-electron chi connectivity index (χ4n) is 2.52. The summed E-state index contributed by atoms with van der Waals surface area (Å²) in [7, 11) is 0. The molecule has 0 aliphatic carbocycles. The lowest BCUT2D eigenvalue weighted by atomic mass is 9.94. The first-order valence-corrected chi connectivity index (χ1v) is 7.24. The zero-order chi connectivity index (χ0) is 12.5. The predicted octanol–water partition coefficient (Wildman–Crippen LogP) is 3.43. The third-order valence-electron chi connectivity index (χ3n) is 3.53. The van der Waals surface area contributed by atoms with E-state index < -0.39 is 0 Å². The molecule has 0 fully saturated rings. The molecular weight excluding hydrogens is 242 g/mol. The molecule has 1 atom stereocenters. The molecule has 94 valence electrons. The van der Waals surface area contributed by atoms with Gasteiger partial charge in [-0.3, -0.25) is 0 Å². The van der Waals surface area contributed by atoms with E-state index in [9.17, 15) is 0 Å². The minimum absolute atomic E-state index is 0.0794. The number of ether oxygens (including phenoxy) is 1. The molecule has 1 aliphatic rings. The SMILES string of the molecule is Cc1cscc1C(N)c1cccc2c1OCCC2. The zero-order valence-corrected chi connectivity index (χ0v) is 11.3. The number of aryl methyl sites for hydroxylation is 2. The molecule has 0 amide bonds. The van der Waals surface area contributed by atoms with Gasteiger partial charge in [-0.1, -0.05) is 18.2 Å². The lowest BCUT2D eigenvalue weighted by Gasteiger charge is -2.23. The Morgan fingerprint density at radius 2 is 2.17 bits per heavy atom. The van der Waals surface area contributed by atoms with Gasteiger partial charge in [-0.15, -0.1) is 0 Å². The van der Waals surface area contributed by atoms with Crippen molar-refractivity contribution in [3.8, 4) is 5.75 Å². The van der Waals surface area contributed by atoms with Gasteiger partial charge in [0.2, 0.25) is 0 Å². The first-order chi connectivity index (χ1) is 8.77. The maximum Gasteiger partial charge on any atom is 0.127 e. The van der Waals surface area contributed by atoms with Gasteiger partial charge in [-0.2, -0.15) is 11.3 Å². The van der Waals surface area contributed by atoms with Crippen LogP contribution >= 0.6 is 11.3 Å². The average molecular weight is 259 g/mol. The Morgan fingerprint density at radius 3 is 2.94 bits per heavy atom. The quantitative estimate of drug-likeness (QED) is 0.896. The second-order valence-electron chi connectivity index (χ2n) is 4.78. The van der Waals surface area contributed by atoms with Crippen LogP contribution in [0.25, 0.3) is 0 Å². The maximum absolute atomic E-state index is 6.41. The molecule has 0 radical (unpaired) electrons. The van der Waals surface area contributed by atoms with Gasteiger partial charge >= 0.3 is 0 Å². The number of hydrogen-bond donors (Lipinski definition) is 1. The first kappa shape index (κ1) is 11.8. The normalized spacial score (nSPS) is 15.9. The van der Waals surface area contributed by atoms with Gasteiger partial charge in [0.25, 0.3) is 0 Å². The highest BCUT2D eigenvalue weighted by Gasteiger charge is 2.20. The molecule has 1 aromatic carbocycles. The van der Waals surface area contributed by atoms with Gasteiger partial charge in [0.1, 0.15) is 5.75 Å². The van der Waals surface area contributed by atoms with Crippen molar-refractivity contribution >= 4 is 11.3 Å². The second kappa shape index (κ2) is 4.75. The van der Waals surface area contributed by atoms with Crippen LogP contribution in [-0.2, 0) is 6.42 Å². The minimum Gasteiger partial charge on any atom is -0.493 e. The van der Waals surface area contributed by atoms with Crippen LogP contribution in [0.1, 0.15) is 34.7 Å². The Balaban J connectivity index is 2.04. The van der Waals surface area contributed by atoms with Crippen LogP contribution in [0.4, 0.5) is 0 Å². The van der Waals surface area contributed by atoms with Crippen LogP contribution in [0.2, 0.25) is 0 Å². The molecule has 0 saturated heterocycles. The average Bonchev–Trinajstić information content (AvgIpc) is 2.83. The summed E-state index contributed by atoms with van der Waals surface area (Å²) >= 11 is 1.71. The van der Waals surface area contributed by atoms with E-state index in [0.717, 1.165) is 30.8 Å². The summed E-state index contributed by atoms with van der Waals surface area (Å²) in [6.45, 7) is 2.92. The van der Waals surface area contributed by atoms with Gasteiger partial charge in [-0.25, -0.2) is 0 Å². The fourth-order valence-corrected chi connectivity index (χ4v) is 3.40. The third-order valence-corrected chi connectivity index (χ3v) is 4.41. The molecule has 2 heterocycles. The van der Waals surface area contributed by atoms with E-state index in [-0.39, 0.29) is 6.04 Å². The van der Waals surface area contributed by atoms with Crippen LogP contribution < -0.4 is 10.5 Å². The van der Waals surface area contributed by atoms with Crippen molar-refractivity contribution in [2.24, 2.45) is 5.73 Å². The van der Waals surface area contributed by atoms with Crippen molar-refractivity contribution in [3.63, 3.8) is 0 Å². The van der Waals surface area contributed by atoms with E-state index in [1.807, 2.05) is 0 Å². The summed E-state index contributed by atoms with van der Waals surface area (Å²) in [5.41, 5.74) is 11.3. The molecule has 0 saturated carbocycles. The van der Waals surface area contributed by atoms with Gasteiger partial charge in [0.15, 0.2) is 0 Å². The van der Waals surface area contributed by atoms with Gasteiger partial charge in [0, 0.05) is 5.56 Å². The Hall–Kier alpha value is -1.32. The van der Waals surface area contributed by atoms with Gasteiger partial charge < -0.3 is 10.5 Å². The second-order valence-corrected chi connectivity index (χ2v) is 5.52. The van der Waals surface area contributed by atoms with Gasteiger partial charge in [-0.05, 0) is 47.2 Å². The number of nitrogens with two attached hydrogens (primary N) is 1. The summed E-state index contributed by atoms with van der Waals surface area (Å²) in [5, 5.41) is 4.29. The van der Waals surface area contributed by atoms with Crippen LogP contribution in [0.15, 0.2) is 29.0 Å².